The number of nitrogens with zero attached hydrogens (tertiary/aromatic N) is 1. The number of aliphatic carboxylic acids is 1. The molecule has 1 heterocycles. The van der Waals surface area contributed by atoms with E-state index in [0.29, 0.717) is 11.4 Å². The van der Waals surface area contributed by atoms with Gasteiger partial charge in [0.15, 0.2) is 0 Å². The number of carbonyl (C=O) groups excluding carboxylic acids is 1. The van der Waals surface area contributed by atoms with Crippen LogP contribution in [0.2, 0.25) is 0 Å². The fourth-order valence-corrected chi connectivity index (χ4v) is 1.91. The predicted octanol–water partition coefficient (Wildman–Crippen LogP) is 0.896. The van der Waals surface area contributed by atoms with Crippen molar-refractivity contribution in [3.63, 3.8) is 0 Å². The molecule has 1 rings (SSSR count). The minimum Gasteiger partial charge on any atom is -0.480 e. The molecule has 0 fully saturated rings. The number of carboxylic acids is 1. The van der Waals surface area contributed by atoms with Crippen LogP contribution in [0.25, 0.3) is 0 Å². The van der Waals surface area contributed by atoms with E-state index < -0.39 is 12.0 Å². The summed E-state index contributed by atoms with van der Waals surface area (Å²) in [7, 11) is 0. The van der Waals surface area contributed by atoms with Crippen LogP contribution in [0.4, 0.5) is 0 Å². The second-order valence-electron chi connectivity index (χ2n) is 2.85. The molecule has 0 saturated heterocycles. The summed E-state index contributed by atoms with van der Waals surface area (Å²) in [5.41, 5.74) is 0.705. The maximum atomic E-state index is 11.4. The van der Waals surface area contributed by atoms with Gasteiger partial charge in [0, 0.05) is 5.70 Å². The molecule has 1 aliphatic heterocycles. The highest BCUT2D eigenvalue weighted by molar-refractivity contribution is 8.02. The highest BCUT2D eigenvalue weighted by atomic mass is 32.2. The number of thioether (sulfide) groups is 1. The molecule has 1 aliphatic rings. The van der Waals surface area contributed by atoms with Crippen molar-refractivity contribution in [2.45, 2.75) is 19.9 Å². The first kappa shape index (κ1) is 10.1. The van der Waals surface area contributed by atoms with Gasteiger partial charge in [-0.1, -0.05) is 0 Å². The standard InChI is InChI=1S/C8H11NO3S/c1-5-3-13-4-7(10)9(5)6(2)8(11)12/h3,6H,4H2,1-2H3,(H,11,12). The van der Waals surface area contributed by atoms with Crippen molar-refractivity contribution < 1.29 is 14.7 Å². The van der Waals surface area contributed by atoms with E-state index in [9.17, 15) is 9.59 Å². The first-order valence-corrected chi connectivity index (χ1v) is 4.92. The lowest BCUT2D eigenvalue weighted by atomic mass is 10.2. The zero-order chi connectivity index (χ0) is 10.0. The SMILES string of the molecule is CC1=CSCC(=O)N1C(C)C(=O)O. The van der Waals surface area contributed by atoms with Gasteiger partial charge in [-0.05, 0) is 19.3 Å². The molecule has 4 nitrogen and oxygen atoms in total. The zero-order valence-electron chi connectivity index (χ0n) is 7.48. The first-order chi connectivity index (χ1) is 6.04. The van der Waals surface area contributed by atoms with Crippen LogP contribution >= 0.6 is 11.8 Å². The van der Waals surface area contributed by atoms with Gasteiger partial charge in [0.25, 0.3) is 0 Å². The summed E-state index contributed by atoms with van der Waals surface area (Å²) in [4.78, 5) is 23.3. The van der Waals surface area contributed by atoms with Crippen LogP contribution in [0.5, 0.6) is 0 Å². The second-order valence-corrected chi connectivity index (χ2v) is 3.71. The van der Waals surface area contributed by atoms with Crippen molar-refractivity contribution in [3.05, 3.63) is 11.1 Å². The van der Waals surface area contributed by atoms with Gasteiger partial charge < -0.3 is 10.0 Å². The van der Waals surface area contributed by atoms with Gasteiger partial charge in [-0.15, -0.1) is 11.8 Å². The molecule has 5 heteroatoms. The third-order valence-electron chi connectivity index (χ3n) is 1.85. The number of carboxylic acid groups (broad SMARTS) is 1. The number of hydrogen-bond donors (Lipinski definition) is 1. The Bertz CT molecular complexity index is 275. The number of carbonyl (C=O) groups is 2. The molecule has 1 unspecified atom stereocenters. The Kier molecular flexibility index (Phi) is 2.98. The van der Waals surface area contributed by atoms with Crippen LogP contribution < -0.4 is 0 Å². The van der Waals surface area contributed by atoms with Crippen LogP contribution in [-0.4, -0.2) is 33.7 Å². The molecular weight excluding hydrogens is 190 g/mol. The predicted molar refractivity (Wildman–Crippen MR) is 50.2 cm³/mol. The summed E-state index contributed by atoms with van der Waals surface area (Å²) in [5, 5.41) is 10.5. The molecule has 0 aromatic rings. The molecular formula is C8H11NO3S. The Morgan fingerprint density at radius 1 is 1.77 bits per heavy atom. The minimum atomic E-state index is -0.979. The summed E-state index contributed by atoms with van der Waals surface area (Å²) >= 11 is 1.40. The number of allylic oxidation sites excluding steroid dienone is 1. The molecule has 0 spiro atoms. The topological polar surface area (TPSA) is 57.6 Å². The Morgan fingerprint density at radius 2 is 2.38 bits per heavy atom. The van der Waals surface area contributed by atoms with Gasteiger partial charge in [0.05, 0.1) is 5.75 Å². The summed E-state index contributed by atoms with van der Waals surface area (Å²) in [6.07, 6.45) is 0. The molecule has 72 valence electrons. The Hall–Kier alpha value is -0.970. The van der Waals surface area contributed by atoms with Crippen LogP contribution in [0.1, 0.15) is 13.8 Å². The van der Waals surface area contributed by atoms with E-state index in [0.717, 1.165) is 0 Å². The smallest absolute Gasteiger partial charge is 0.326 e. The van der Waals surface area contributed by atoms with Crippen LogP contribution in [-0.2, 0) is 9.59 Å². The quantitative estimate of drug-likeness (QED) is 0.721. The lowest BCUT2D eigenvalue weighted by Gasteiger charge is -2.29. The fraction of sp³-hybridized carbons (Fsp3) is 0.500. The largest absolute Gasteiger partial charge is 0.480 e. The van der Waals surface area contributed by atoms with Gasteiger partial charge >= 0.3 is 5.97 Å². The van der Waals surface area contributed by atoms with E-state index in [1.807, 2.05) is 0 Å². The summed E-state index contributed by atoms with van der Waals surface area (Å²) < 4.78 is 0. The van der Waals surface area contributed by atoms with Gasteiger partial charge in [-0.25, -0.2) is 4.79 Å². The van der Waals surface area contributed by atoms with Crippen molar-refractivity contribution in [1.29, 1.82) is 0 Å². The van der Waals surface area contributed by atoms with Crippen molar-refractivity contribution in [2.75, 3.05) is 5.75 Å². The lowest BCUT2D eigenvalue weighted by Crippen LogP contribution is -2.44. The molecule has 0 radical (unpaired) electrons. The Morgan fingerprint density at radius 3 is 2.85 bits per heavy atom. The van der Waals surface area contributed by atoms with E-state index in [-0.39, 0.29) is 5.91 Å². The average molecular weight is 201 g/mol. The second kappa shape index (κ2) is 3.83. The number of hydrogen-bond acceptors (Lipinski definition) is 3. The molecule has 0 aliphatic carbocycles. The van der Waals surface area contributed by atoms with Crippen molar-refractivity contribution in [2.24, 2.45) is 0 Å². The lowest BCUT2D eigenvalue weighted by molar-refractivity contribution is -0.146. The average Bonchev–Trinajstić information content (AvgIpc) is 2.03. The summed E-state index contributed by atoms with van der Waals surface area (Å²) in [6, 6.07) is -0.773. The summed E-state index contributed by atoms with van der Waals surface area (Å²) in [5.74, 6) is -0.789. The highest BCUT2D eigenvalue weighted by Crippen LogP contribution is 2.21. The maximum absolute atomic E-state index is 11.4. The Labute approximate surface area is 80.6 Å². The van der Waals surface area contributed by atoms with Crippen LogP contribution in [0, 0.1) is 0 Å². The summed E-state index contributed by atoms with van der Waals surface area (Å²) in [6.45, 7) is 3.25. The van der Waals surface area contributed by atoms with Gasteiger partial charge in [-0.2, -0.15) is 0 Å². The minimum absolute atomic E-state index is 0.139. The highest BCUT2D eigenvalue weighted by Gasteiger charge is 2.28. The molecule has 13 heavy (non-hydrogen) atoms. The van der Waals surface area contributed by atoms with Crippen molar-refractivity contribution >= 4 is 23.6 Å². The zero-order valence-corrected chi connectivity index (χ0v) is 8.30. The van der Waals surface area contributed by atoms with E-state index in [1.165, 1.54) is 23.6 Å². The van der Waals surface area contributed by atoms with E-state index in [2.05, 4.69) is 0 Å². The van der Waals surface area contributed by atoms with E-state index in [1.54, 1.807) is 12.3 Å². The Balaban J connectivity index is 2.87. The normalized spacial score (nSPS) is 19.7. The van der Waals surface area contributed by atoms with E-state index in [4.69, 9.17) is 5.11 Å². The molecule has 1 N–H and O–H groups in total. The fourth-order valence-electron chi connectivity index (χ4n) is 1.19. The van der Waals surface area contributed by atoms with Crippen molar-refractivity contribution in [1.82, 2.24) is 4.90 Å². The van der Waals surface area contributed by atoms with Crippen molar-refractivity contribution in [3.8, 4) is 0 Å². The van der Waals surface area contributed by atoms with Crippen LogP contribution in [0.3, 0.4) is 0 Å². The molecule has 1 atom stereocenters. The number of amides is 1. The van der Waals surface area contributed by atoms with Gasteiger partial charge in [0.2, 0.25) is 5.91 Å². The maximum Gasteiger partial charge on any atom is 0.326 e. The number of rotatable bonds is 2. The molecule has 0 saturated carbocycles. The molecule has 0 bridgehead atoms. The van der Waals surface area contributed by atoms with Crippen LogP contribution in [0.15, 0.2) is 11.1 Å². The van der Waals surface area contributed by atoms with Gasteiger partial charge in [-0.3, -0.25) is 4.79 Å². The monoisotopic (exact) mass is 201 g/mol. The third kappa shape index (κ3) is 2.03. The molecule has 0 aromatic heterocycles. The molecule has 1 amide bonds. The third-order valence-corrected chi connectivity index (χ3v) is 2.78. The van der Waals surface area contributed by atoms with Gasteiger partial charge in [0.1, 0.15) is 6.04 Å². The molecule has 0 aromatic carbocycles. The first-order valence-electron chi connectivity index (χ1n) is 3.87. The van der Waals surface area contributed by atoms with E-state index >= 15 is 0 Å².